The number of amides is 1. The van der Waals surface area contributed by atoms with Crippen LogP contribution in [-0.2, 0) is 6.42 Å². The van der Waals surface area contributed by atoms with Gasteiger partial charge in [-0.1, -0.05) is 41.9 Å². The topological polar surface area (TPSA) is 49.6 Å². The van der Waals surface area contributed by atoms with Crippen LogP contribution in [-0.4, -0.2) is 41.5 Å². The van der Waals surface area contributed by atoms with Gasteiger partial charge in [0.15, 0.2) is 5.15 Å². The van der Waals surface area contributed by atoms with Crippen molar-refractivity contribution in [2.24, 2.45) is 0 Å². The zero-order valence-corrected chi connectivity index (χ0v) is 17.0. The van der Waals surface area contributed by atoms with Gasteiger partial charge in [-0.15, -0.1) is 0 Å². The number of hydrogen-bond donors (Lipinski definition) is 0. The zero-order valence-electron chi connectivity index (χ0n) is 16.2. The molecule has 3 heterocycles. The number of aromatic nitrogens is 1. The molecular formula is C23H24ClN3O2. The minimum Gasteiger partial charge on any atom is -0.472 e. The van der Waals surface area contributed by atoms with Gasteiger partial charge in [-0.2, -0.15) is 0 Å². The normalized spacial score (nSPS) is 15.3. The van der Waals surface area contributed by atoms with Crippen molar-refractivity contribution in [1.82, 2.24) is 9.88 Å². The minimum atomic E-state index is -0.101. The number of piperidine rings is 1. The molecule has 5 nitrogen and oxygen atoms in total. The number of pyridine rings is 1. The Morgan fingerprint density at radius 1 is 1.14 bits per heavy atom. The molecule has 1 aromatic carbocycles. The van der Waals surface area contributed by atoms with Gasteiger partial charge in [-0.25, -0.2) is 4.98 Å². The van der Waals surface area contributed by atoms with Crippen LogP contribution in [0.25, 0.3) is 0 Å². The van der Waals surface area contributed by atoms with E-state index in [0.29, 0.717) is 16.4 Å². The number of benzene rings is 1. The van der Waals surface area contributed by atoms with Crippen molar-refractivity contribution in [2.75, 3.05) is 24.5 Å². The maximum absolute atomic E-state index is 13.2. The van der Waals surface area contributed by atoms with E-state index < -0.39 is 0 Å². The summed E-state index contributed by atoms with van der Waals surface area (Å²) in [5, 5.41) is 0.343. The lowest BCUT2D eigenvalue weighted by molar-refractivity contribution is 0.0959. The van der Waals surface area contributed by atoms with E-state index in [9.17, 15) is 4.79 Å². The molecule has 1 aliphatic rings. The first-order valence-electron chi connectivity index (χ1n) is 9.95. The first-order valence-corrected chi connectivity index (χ1v) is 10.3. The van der Waals surface area contributed by atoms with Crippen LogP contribution in [0.5, 0.6) is 0 Å². The quantitative estimate of drug-likeness (QED) is 0.554. The van der Waals surface area contributed by atoms with Crippen LogP contribution in [0.1, 0.15) is 28.8 Å². The highest BCUT2D eigenvalue weighted by Crippen LogP contribution is 2.30. The van der Waals surface area contributed by atoms with Crippen molar-refractivity contribution in [2.45, 2.75) is 25.3 Å². The lowest BCUT2D eigenvalue weighted by Crippen LogP contribution is -2.48. The van der Waals surface area contributed by atoms with Crippen molar-refractivity contribution in [3.05, 3.63) is 83.5 Å². The Morgan fingerprint density at radius 2 is 1.93 bits per heavy atom. The minimum absolute atomic E-state index is 0.0760. The van der Waals surface area contributed by atoms with Crippen LogP contribution >= 0.6 is 11.6 Å². The van der Waals surface area contributed by atoms with Crippen LogP contribution in [0.3, 0.4) is 0 Å². The molecule has 0 N–H and O–H groups in total. The van der Waals surface area contributed by atoms with Gasteiger partial charge in [0, 0.05) is 31.9 Å². The molecule has 0 unspecified atom stereocenters. The fourth-order valence-electron chi connectivity index (χ4n) is 3.89. The van der Waals surface area contributed by atoms with E-state index in [-0.39, 0.29) is 11.9 Å². The van der Waals surface area contributed by atoms with Gasteiger partial charge in [0.05, 0.1) is 17.5 Å². The summed E-state index contributed by atoms with van der Waals surface area (Å²) in [6, 6.07) is 16.0. The third-order valence-corrected chi connectivity index (χ3v) is 5.76. The maximum atomic E-state index is 13.2. The highest BCUT2D eigenvalue weighted by atomic mass is 35.5. The summed E-state index contributed by atoms with van der Waals surface area (Å²) in [4.78, 5) is 21.7. The summed E-state index contributed by atoms with van der Waals surface area (Å²) in [5.74, 6) is -0.101. The van der Waals surface area contributed by atoms with E-state index in [2.05, 4.69) is 34.1 Å². The second-order valence-electron chi connectivity index (χ2n) is 7.31. The van der Waals surface area contributed by atoms with Crippen LogP contribution in [0, 0.1) is 0 Å². The molecule has 4 rings (SSSR count). The SMILES string of the molecule is O=C(c1ccoc1)N(c1cccnc1Cl)C1CCN(CCc2ccccc2)CC1. The Kier molecular flexibility index (Phi) is 6.27. The fraction of sp³-hybridized carbons (Fsp3) is 0.304. The van der Waals surface area contributed by atoms with Gasteiger partial charge in [0.1, 0.15) is 6.26 Å². The van der Waals surface area contributed by atoms with Crippen molar-refractivity contribution in [3.8, 4) is 0 Å². The molecule has 150 valence electrons. The molecular weight excluding hydrogens is 386 g/mol. The zero-order chi connectivity index (χ0) is 20.1. The summed E-state index contributed by atoms with van der Waals surface area (Å²) in [6.07, 6.45) is 7.46. The average molecular weight is 410 g/mol. The van der Waals surface area contributed by atoms with E-state index in [0.717, 1.165) is 38.9 Å². The smallest absolute Gasteiger partial charge is 0.261 e. The molecule has 29 heavy (non-hydrogen) atoms. The molecule has 3 aromatic rings. The standard InChI is InChI=1S/C23H24ClN3O2/c24-22-21(7-4-12-25-22)27(23(28)19-11-16-29-17-19)20-9-14-26(15-10-20)13-8-18-5-2-1-3-6-18/h1-7,11-12,16-17,20H,8-10,13-15H2. The van der Waals surface area contributed by atoms with E-state index in [4.69, 9.17) is 16.0 Å². The largest absolute Gasteiger partial charge is 0.472 e. The Balaban J connectivity index is 1.45. The van der Waals surface area contributed by atoms with E-state index in [1.165, 1.54) is 18.1 Å². The number of hydrogen-bond acceptors (Lipinski definition) is 4. The first-order chi connectivity index (χ1) is 14.2. The van der Waals surface area contributed by atoms with E-state index >= 15 is 0 Å². The monoisotopic (exact) mass is 409 g/mol. The number of nitrogens with zero attached hydrogens (tertiary/aromatic N) is 3. The molecule has 0 spiro atoms. The highest BCUT2D eigenvalue weighted by Gasteiger charge is 2.31. The molecule has 6 heteroatoms. The van der Waals surface area contributed by atoms with Gasteiger partial charge >= 0.3 is 0 Å². The van der Waals surface area contributed by atoms with Gasteiger partial charge in [0.2, 0.25) is 0 Å². The second kappa shape index (κ2) is 9.25. The number of likely N-dealkylation sites (tertiary alicyclic amines) is 1. The van der Waals surface area contributed by atoms with Crippen molar-refractivity contribution >= 4 is 23.2 Å². The predicted molar refractivity (Wildman–Crippen MR) is 114 cm³/mol. The van der Waals surface area contributed by atoms with Gasteiger partial charge < -0.3 is 14.2 Å². The number of halogens is 1. The van der Waals surface area contributed by atoms with Crippen LogP contribution in [0.2, 0.25) is 5.15 Å². The second-order valence-corrected chi connectivity index (χ2v) is 7.67. The summed E-state index contributed by atoms with van der Waals surface area (Å²) in [7, 11) is 0. The lowest BCUT2D eigenvalue weighted by Gasteiger charge is -2.38. The molecule has 0 aliphatic carbocycles. The Labute approximate surface area is 175 Å². The Morgan fingerprint density at radius 3 is 2.62 bits per heavy atom. The lowest BCUT2D eigenvalue weighted by atomic mass is 10.0. The number of carbonyl (C=O) groups excluding carboxylic acids is 1. The molecule has 0 saturated carbocycles. The Hall–Kier alpha value is -2.63. The van der Waals surface area contributed by atoms with Gasteiger partial charge in [0.25, 0.3) is 5.91 Å². The summed E-state index contributed by atoms with van der Waals surface area (Å²) in [5.41, 5.74) is 2.54. The Bertz CT molecular complexity index is 922. The third kappa shape index (κ3) is 4.69. The fourth-order valence-corrected chi connectivity index (χ4v) is 4.10. The van der Waals surface area contributed by atoms with Gasteiger partial charge in [-0.3, -0.25) is 4.79 Å². The number of furan rings is 1. The molecule has 1 amide bonds. The molecule has 1 saturated heterocycles. The predicted octanol–water partition coefficient (Wildman–Crippen LogP) is 4.68. The number of carbonyl (C=O) groups is 1. The van der Waals surface area contributed by atoms with Gasteiger partial charge in [-0.05, 0) is 43.0 Å². The number of anilines is 1. The van der Waals surface area contributed by atoms with Crippen molar-refractivity contribution < 1.29 is 9.21 Å². The first kappa shape index (κ1) is 19.7. The number of rotatable bonds is 6. The van der Waals surface area contributed by atoms with Crippen molar-refractivity contribution in [1.29, 1.82) is 0 Å². The summed E-state index contributed by atoms with van der Waals surface area (Å²) >= 11 is 6.35. The van der Waals surface area contributed by atoms with Crippen LogP contribution < -0.4 is 4.90 Å². The van der Waals surface area contributed by atoms with Crippen molar-refractivity contribution in [3.63, 3.8) is 0 Å². The molecule has 0 radical (unpaired) electrons. The van der Waals surface area contributed by atoms with Crippen LogP contribution in [0.15, 0.2) is 71.7 Å². The molecule has 0 atom stereocenters. The molecule has 1 fully saturated rings. The third-order valence-electron chi connectivity index (χ3n) is 5.47. The summed E-state index contributed by atoms with van der Waals surface area (Å²) < 4.78 is 5.13. The van der Waals surface area contributed by atoms with E-state index in [1.807, 2.05) is 18.2 Å². The molecule has 0 bridgehead atoms. The molecule has 2 aromatic heterocycles. The molecule has 1 aliphatic heterocycles. The maximum Gasteiger partial charge on any atom is 0.261 e. The average Bonchev–Trinajstić information content (AvgIpc) is 3.30. The van der Waals surface area contributed by atoms with Crippen LogP contribution in [0.4, 0.5) is 5.69 Å². The summed E-state index contributed by atoms with van der Waals surface area (Å²) in [6.45, 7) is 2.93. The van der Waals surface area contributed by atoms with E-state index in [1.54, 1.807) is 17.2 Å². The highest BCUT2D eigenvalue weighted by molar-refractivity contribution is 6.32.